The molecule has 0 saturated heterocycles. The Kier molecular flexibility index (Phi) is 6.88. The Hall–Kier alpha value is -1.88. The molecule has 1 amide bonds. The minimum absolute atomic E-state index is 0.0460. The molecular weight excluding hydrogens is 268 g/mol. The standard InChI is InChI=1S/C16H24N2O3/c1-12(2)10-18(9-8-16(20)21)11-15(19)17-14-7-5-4-6-13(14)3/h4-7,12H,8-11H2,1-3H3,(H,17,19)(H,20,21). The largest absolute Gasteiger partial charge is 0.481 e. The summed E-state index contributed by atoms with van der Waals surface area (Å²) in [7, 11) is 0. The second kappa shape index (κ2) is 8.42. The highest BCUT2D eigenvalue weighted by atomic mass is 16.4. The first-order valence-electron chi connectivity index (χ1n) is 7.18. The Morgan fingerprint density at radius 1 is 1.29 bits per heavy atom. The molecule has 116 valence electrons. The summed E-state index contributed by atoms with van der Waals surface area (Å²) in [5.74, 6) is -0.580. The van der Waals surface area contributed by atoms with Crippen molar-refractivity contribution >= 4 is 17.6 Å². The zero-order chi connectivity index (χ0) is 15.8. The van der Waals surface area contributed by atoms with Crippen LogP contribution in [0, 0.1) is 12.8 Å². The van der Waals surface area contributed by atoms with Crippen LogP contribution in [0.4, 0.5) is 5.69 Å². The number of para-hydroxylation sites is 1. The summed E-state index contributed by atoms with van der Waals surface area (Å²) in [5.41, 5.74) is 1.80. The van der Waals surface area contributed by atoms with Gasteiger partial charge in [-0.3, -0.25) is 14.5 Å². The third-order valence-corrected chi connectivity index (χ3v) is 3.05. The van der Waals surface area contributed by atoms with Crippen molar-refractivity contribution in [1.82, 2.24) is 4.90 Å². The maximum absolute atomic E-state index is 12.1. The van der Waals surface area contributed by atoms with E-state index in [0.29, 0.717) is 19.0 Å². The number of benzene rings is 1. The quantitative estimate of drug-likeness (QED) is 0.771. The van der Waals surface area contributed by atoms with Crippen LogP contribution >= 0.6 is 0 Å². The molecule has 0 aliphatic carbocycles. The third-order valence-electron chi connectivity index (χ3n) is 3.05. The Bertz CT molecular complexity index is 486. The summed E-state index contributed by atoms with van der Waals surface area (Å²) in [6.07, 6.45) is 0.0460. The van der Waals surface area contributed by atoms with Crippen LogP contribution in [0.5, 0.6) is 0 Å². The average Bonchev–Trinajstić information content (AvgIpc) is 2.38. The Morgan fingerprint density at radius 3 is 2.52 bits per heavy atom. The van der Waals surface area contributed by atoms with Crippen molar-refractivity contribution < 1.29 is 14.7 Å². The summed E-state index contributed by atoms with van der Waals surface area (Å²) in [5, 5.41) is 11.6. The van der Waals surface area contributed by atoms with E-state index in [2.05, 4.69) is 5.32 Å². The summed E-state index contributed by atoms with van der Waals surface area (Å²) in [4.78, 5) is 24.7. The normalized spacial score (nSPS) is 10.9. The zero-order valence-corrected chi connectivity index (χ0v) is 12.9. The van der Waals surface area contributed by atoms with Crippen molar-refractivity contribution in [2.75, 3.05) is 25.0 Å². The lowest BCUT2D eigenvalue weighted by atomic mass is 10.2. The fourth-order valence-electron chi connectivity index (χ4n) is 2.11. The predicted octanol–water partition coefficient (Wildman–Crippen LogP) is 2.37. The summed E-state index contributed by atoms with van der Waals surface area (Å²) in [6, 6.07) is 7.59. The number of amides is 1. The molecular formula is C16H24N2O3. The zero-order valence-electron chi connectivity index (χ0n) is 12.9. The number of nitrogens with zero attached hydrogens (tertiary/aromatic N) is 1. The average molecular weight is 292 g/mol. The molecule has 0 bridgehead atoms. The summed E-state index contributed by atoms with van der Waals surface area (Å²) in [6.45, 7) is 7.33. The molecule has 0 atom stereocenters. The van der Waals surface area contributed by atoms with Gasteiger partial charge in [0, 0.05) is 18.8 Å². The highest BCUT2D eigenvalue weighted by Gasteiger charge is 2.14. The molecule has 1 aromatic rings. The smallest absolute Gasteiger partial charge is 0.304 e. The minimum Gasteiger partial charge on any atom is -0.481 e. The number of anilines is 1. The van der Waals surface area contributed by atoms with Gasteiger partial charge in [0.25, 0.3) is 0 Å². The molecule has 1 aromatic carbocycles. The van der Waals surface area contributed by atoms with Crippen LogP contribution < -0.4 is 5.32 Å². The predicted molar refractivity (Wildman–Crippen MR) is 83.3 cm³/mol. The van der Waals surface area contributed by atoms with E-state index in [1.807, 2.05) is 49.9 Å². The number of aryl methyl sites for hydroxylation is 1. The number of hydrogen-bond acceptors (Lipinski definition) is 3. The van der Waals surface area contributed by atoms with Crippen molar-refractivity contribution in [3.8, 4) is 0 Å². The highest BCUT2D eigenvalue weighted by molar-refractivity contribution is 5.92. The minimum atomic E-state index is -0.844. The van der Waals surface area contributed by atoms with Crippen LogP contribution in [-0.4, -0.2) is 41.5 Å². The van der Waals surface area contributed by atoms with E-state index in [1.54, 1.807) is 0 Å². The van der Waals surface area contributed by atoms with Gasteiger partial charge in [-0.1, -0.05) is 32.0 Å². The van der Waals surface area contributed by atoms with Gasteiger partial charge >= 0.3 is 5.97 Å². The molecule has 2 N–H and O–H groups in total. The van der Waals surface area contributed by atoms with Gasteiger partial charge in [0.1, 0.15) is 0 Å². The van der Waals surface area contributed by atoms with Gasteiger partial charge in [-0.2, -0.15) is 0 Å². The first-order valence-corrected chi connectivity index (χ1v) is 7.18. The fraction of sp³-hybridized carbons (Fsp3) is 0.500. The molecule has 0 aromatic heterocycles. The maximum atomic E-state index is 12.1. The molecule has 1 rings (SSSR count). The van der Waals surface area contributed by atoms with E-state index < -0.39 is 5.97 Å². The van der Waals surface area contributed by atoms with Crippen molar-refractivity contribution in [2.45, 2.75) is 27.2 Å². The van der Waals surface area contributed by atoms with Gasteiger partial charge in [0.05, 0.1) is 13.0 Å². The monoisotopic (exact) mass is 292 g/mol. The second-order valence-corrected chi connectivity index (χ2v) is 5.64. The molecule has 21 heavy (non-hydrogen) atoms. The highest BCUT2D eigenvalue weighted by Crippen LogP contribution is 2.13. The number of carbonyl (C=O) groups is 2. The lowest BCUT2D eigenvalue weighted by molar-refractivity contribution is -0.137. The Balaban J connectivity index is 2.58. The first kappa shape index (κ1) is 17.2. The van der Waals surface area contributed by atoms with Crippen LogP contribution in [0.15, 0.2) is 24.3 Å². The van der Waals surface area contributed by atoms with Crippen molar-refractivity contribution in [3.05, 3.63) is 29.8 Å². The van der Waals surface area contributed by atoms with Crippen molar-refractivity contribution in [2.24, 2.45) is 5.92 Å². The molecule has 0 spiro atoms. The number of aliphatic carboxylic acids is 1. The number of nitrogens with one attached hydrogen (secondary N) is 1. The number of carboxylic acid groups (broad SMARTS) is 1. The molecule has 0 saturated carbocycles. The van der Waals surface area contributed by atoms with E-state index in [9.17, 15) is 9.59 Å². The molecule has 0 aliphatic heterocycles. The number of carboxylic acids is 1. The van der Waals surface area contributed by atoms with Gasteiger partial charge in [0.15, 0.2) is 0 Å². The first-order chi connectivity index (χ1) is 9.88. The fourth-order valence-corrected chi connectivity index (χ4v) is 2.11. The van der Waals surface area contributed by atoms with Crippen LogP contribution in [-0.2, 0) is 9.59 Å². The van der Waals surface area contributed by atoms with E-state index in [-0.39, 0.29) is 18.9 Å². The van der Waals surface area contributed by atoms with Crippen molar-refractivity contribution in [3.63, 3.8) is 0 Å². The molecule has 5 heteroatoms. The molecule has 0 unspecified atom stereocenters. The summed E-state index contributed by atoms with van der Waals surface area (Å²) >= 11 is 0. The topological polar surface area (TPSA) is 69.6 Å². The molecule has 0 aliphatic rings. The van der Waals surface area contributed by atoms with Crippen LogP contribution in [0.2, 0.25) is 0 Å². The van der Waals surface area contributed by atoms with Crippen molar-refractivity contribution in [1.29, 1.82) is 0 Å². The van der Waals surface area contributed by atoms with Crippen LogP contribution in [0.1, 0.15) is 25.8 Å². The Morgan fingerprint density at radius 2 is 1.95 bits per heavy atom. The van der Waals surface area contributed by atoms with E-state index in [4.69, 9.17) is 5.11 Å². The SMILES string of the molecule is Cc1ccccc1NC(=O)CN(CCC(=O)O)CC(C)C. The number of rotatable bonds is 8. The molecule has 0 radical (unpaired) electrons. The third kappa shape index (κ3) is 6.90. The maximum Gasteiger partial charge on any atom is 0.304 e. The van der Waals surface area contributed by atoms with Gasteiger partial charge in [-0.05, 0) is 24.5 Å². The van der Waals surface area contributed by atoms with Gasteiger partial charge in [-0.15, -0.1) is 0 Å². The van der Waals surface area contributed by atoms with E-state index >= 15 is 0 Å². The Labute approximate surface area is 126 Å². The number of carbonyl (C=O) groups excluding carboxylic acids is 1. The lowest BCUT2D eigenvalue weighted by Crippen LogP contribution is -2.37. The van der Waals surface area contributed by atoms with Gasteiger partial charge in [-0.25, -0.2) is 0 Å². The van der Waals surface area contributed by atoms with Gasteiger partial charge < -0.3 is 10.4 Å². The van der Waals surface area contributed by atoms with Crippen LogP contribution in [0.3, 0.4) is 0 Å². The summed E-state index contributed by atoms with van der Waals surface area (Å²) < 4.78 is 0. The van der Waals surface area contributed by atoms with E-state index in [0.717, 1.165) is 11.3 Å². The van der Waals surface area contributed by atoms with Crippen LogP contribution in [0.25, 0.3) is 0 Å². The van der Waals surface area contributed by atoms with E-state index in [1.165, 1.54) is 0 Å². The lowest BCUT2D eigenvalue weighted by Gasteiger charge is -2.23. The number of hydrogen-bond donors (Lipinski definition) is 2. The van der Waals surface area contributed by atoms with Gasteiger partial charge in [0.2, 0.25) is 5.91 Å². The second-order valence-electron chi connectivity index (χ2n) is 5.64. The molecule has 0 heterocycles. The molecule has 5 nitrogen and oxygen atoms in total. The molecule has 0 fully saturated rings.